The van der Waals surface area contributed by atoms with Crippen molar-refractivity contribution in [3.8, 4) is 0 Å². The molecule has 1 heterocycles. The lowest BCUT2D eigenvalue weighted by Gasteiger charge is -2.38. The van der Waals surface area contributed by atoms with Crippen LogP contribution in [0, 0.1) is 0 Å². The van der Waals surface area contributed by atoms with Gasteiger partial charge in [-0.15, -0.1) is 0 Å². The molecule has 17 heavy (non-hydrogen) atoms. The minimum Gasteiger partial charge on any atom is -0.395 e. The van der Waals surface area contributed by atoms with Crippen LogP contribution in [0.1, 0.15) is 20.3 Å². The van der Waals surface area contributed by atoms with E-state index >= 15 is 0 Å². The SMILES string of the molecule is CCOCC(=O)N1CCN(C(CC)CO)CC1. The van der Waals surface area contributed by atoms with Gasteiger partial charge in [0, 0.05) is 38.8 Å². The summed E-state index contributed by atoms with van der Waals surface area (Å²) in [6.07, 6.45) is 0.948. The van der Waals surface area contributed by atoms with Gasteiger partial charge in [0.25, 0.3) is 0 Å². The van der Waals surface area contributed by atoms with Crippen LogP contribution in [-0.4, -0.2) is 72.9 Å². The molecular formula is C12H24N2O3. The second kappa shape index (κ2) is 7.63. The molecule has 0 aromatic carbocycles. The summed E-state index contributed by atoms with van der Waals surface area (Å²) in [7, 11) is 0. The Bertz CT molecular complexity index is 224. The Balaban J connectivity index is 2.32. The molecule has 1 aliphatic heterocycles. The third-order valence-corrected chi connectivity index (χ3v) is 3.30. The van der Waals surface area contributed by atoms with Crippen molar-refractivity contribution in [1.82, 2.24) is 9.80 Å². The van der Waals surface area contributed by atoms with Crippen LogP contribution in [0.4, 0.5) is 0 Å². The standard InChI is InChI=1S/C12H24N2O3/c1-3-11(9-15)13-5-7-14(8-6-13)12(16)10-17-4-2/h11,15H,3-10H2,1-2H3. The maximum Gasteiger partial charge on any atom is 0.248 e. The van der Waals surface area contributed by atoms with Crippen molar-refractivity contribution in [3.05, 3.63) is 0 Å². The molecule has 0 spiro atoms. The summed E-state index contributed by atoms with van der Waals surface area (Å²) in [5, 5.41) is 9.23. The van der Waals surface area contributed by atoms with Crippen molar-refractivity contribution >= 4 is 5.91 Å². The van der Waals surface area contributed by atoms with Crippen LogP contribution in [0.15, 0.2) is 0 Å². The van der Waals surface area contributed by atoms with E-state index in [0.29, 0.717) is 6.61 Å². The predicted molar refractivity (Wildman–Crippen MR) is 65.8 cm³/mol. The molecule has 1 fully saturated rings. The number of piperazine rings is 1. The number of rotatable bonds is 6. The van der Waals surface area contributed by atoms with Crippen LogP contribution in [-0.2, 0) is 9.53 Å². The lowest BCUT2D eigenvalue weighted by molar-refractivity contribution is -0.138. The fraction of sp³-hybridized carbons (Fsp3) is 0.917. The average molecular weight is 244 g/mol. The molecule has 0 aromatic heterocycles. The van der Waals surface area contributed by atoms with Crippen LogP contribution in [0.5, 0.6) is 0 Å². The van der Waals surface area contributed by atoms with Crippen LogP contribution < -0.4 is 0 Å². The molecule has 5 heteroatoms. The second-order valence-electron chi connectivity index (χ2n) is 4.30. The van der Waals surface area contributed by atoms with Crippen molar-refractivity contribution in [1.29, 1.82) is 0 Å². The van der Waals surface area contributed by atoms with Crippen LogP contribution in [0.2, 0.25) is 0 Å². The first kappa shape index (κ1) is 14.4. The average Bonchev–Trinajstić information content (AvgIpc) is 2.38. The molecule has 1 saturated heterocycles. The summed E-state index contributed by atoms with van der Waals surface area (Å²) in [4.78, 5) is 15.8. The number of carbonyl (C=O) groups excluding carboxylic acids is 1. The monoisotopic (exact) mass is 244 g/mol. The fourth-order valence-corrected chi connectivity index (χ4v) is 2.12. The first-order valence-corrected chi connectivity index (χ1v) is 6.43. The Morgan fingerprint density at radius 2 is 1.94 bits per heavy atom. The number of hydrogen-bond donors (Lipinski definition) is 1. The van der Waals surface area contributed by atoms with Gasteiger partial charge >= 0.3 is 0 Å². The molecule has 0 radical (unpaired) electrons. The van der Waals surface area contributed by atoms with Crippen molar-refractivity contribution in [3.63, 3.8) is 0 Å². The highest BCUT2D eigenvalue weighted by molar-refractivity contribution is 5.77. The quantitative estimate of drug-likeness (QED) is 0.711. The van der Waals surface area contributed by atoms with E-state index in [1.807, 2.05) is 11.8 Å². The van der Waals surface area contributed by atoms with Crippen molar-refractivity contribution < 1.29 is 14.6 Å². The lowest BCUT2D eigenvalue weighted by atomic mass is 10.1. The minimum atomic E-state index is 0.0727. The Morgan fingerprint density at radius 1 is 1.29 bits per heavy atom. The molecular weight excluding hydrogens is 220 g/mol. The van der Waals surface area contributed by atoms with E-state index in [0.717, 1.165) is 32.6 Å². The van der Waals surface area contributed by atoms with E-state index in [2.05, 4.69) is 11.8 Å². The number of hydrogen-bond acceptors (Lipinski definition) is 4. The van der Waals surface area contributed by atoms with E-state index in [9.17, 15) is 9.90 Å². The molecule has 5 nitrogen and oxygen atoms in total. The van der Waals surface area contributed by atoms with Gasteiger partial charge in [0.1, 0.15) is 6.61 Å². The fourth-order valence-electron chi connectivity index (χ4n) is 2.12. The third-order valence-electron chi connectivity index (χ3n) is 3.30. The molecule has 1 N–H and O–H groups in total. The van der Waals surface area contributed by atoms with Gasteiger partial charge in [-0.3, -0.25) is 9.69 Å². The maximum atomic E-state index is 11.7. The molecule has 0 aliphatic carbocycles. The highest BCUT2D eigenvalue weighted by Gasteiger charge is 2.24. The molecule has 1 unspecified atom stereocenters. The molecule has 0 bridgehead atoms. The zero-order valence-corrected chi connectivity index (χ0v) is 10.9. The van der Waals surface area contributed by atoms with E-state index < -0.39 is 0 Å². The predicted octanol–water partition coefficient (Wildman–Crippen LogP) is -0.0620. The number of ether oxygens (including phenoxy) is 1. The highest BCUT2D eigenvalue weighted by Crippen LogP contribution is 2.09. The molecule has 1 atom stereocenters. The summed E-state index contributed by atoms with van der Waals surface area (Å²) in [6, 6.07) is 0.235. The summed E-state index contributed by atoms with van der Waals surface area (Å²) < 4.78 is 5.12. The van der Waals surface area contributed by atoms with Gasteiger partial charge < -0.3 is 14.7 Å². The normalized spacial score (nSPS) is 19.4. The molecule has 1 aliphatic rings. The van der Waals surface area contributed by atoms with Gasteiger partial charge in [0.05, 0.1) is 6.61 Å². The minimum absolute atomic E-state index is 0.0727. The van der Waals surface area contributed by atoms with Crippen LogP contribution in [0.3, 0.4) is 0 Å². The number of amides is 1. The largest absolute Gasteiger partial charge is 0.395 e. The number of aliphatic hydroxyl groups is 1. The molecule has 1 rings (SSSR count). The van der Waals surface area contributed by atoms with Gasteiger partial charge in [-0.25, -0.2) is 0 Å². The topological polar surface area (TPSA) is 53.0 Å². The van der Waals surface area contributed by atoms with E-state index in [4.69, 9.17) is 4.74 Å². The smallest absolute Gasteiger partial charge is 0.248 e. The van der Waals surface area contributed by atoms with Gasteiger partial charge in [-0.05, 0) is 13.3 Å². The van der Waals surface area contributed by atoms with Crippen LogP contribution in [0.25, 0.3) is 0 Å². The molecule has 1 amide bonds. The molecule has 0 saturated carbocycles. The van der Waals surface area contributed by atoms with Gasteiger partial charge in [0.15, 0.2) is 0 Å². The maximum absolute atomic E-state index is 11.7. The van der Waals surface area contributed by atoms with Gasteiger partial charge in [-0.2, -0.15) is 0 Å². The molecule has 100 valence electrons. The van der Waals surface area contributed by atoms with Crippen molar-refractivity contribution in [2.24, 2.45) is 0 Å². The number of carbonyl (C=O) groups is 1. The Morgan fingerprint density at radius 3 is 2.41 bits per heavy atom. The summed E-state index contributed by atoms with van der Waals surface area (Å²) in [5.41, 5.74) is 0. The highest BCUT2D eigenvalue weighted by atomic mass is 16.5. The van der Waals surface area contributed by atoms with Gasteiger partial charge in [-0.1, -0.05) is 6.92 Å². The Labute approximate surface area is 103 Å². The Hall–Kier alpha value is -0.650. The number of aliphatic hydroxyl groups excluding tert-OH is 1. The van der Waals surface area contributed by atoms with Crippen molar-refractivity contribution in [2.45, 2.75) is 26.3 Å². The third kappa shape index (κ3) is 4.26. The zero-order valence-electron chi connectivity index (χ0n) is 10.9. The van der Waals surface area contributed by atoms with E-state index in [1.54, 1.807) is 0 Å². The van der Waals surface area contributed by atoms with Crippen molar-refractivity contribution in [2.75, 3.05) is 46.0 Å². The van der Waals surface area contributed by atoms with E-state index in [1.165, 1.54) is 0 Å². The second-order valence-corrected chi connectivity index (χ2v) is 4.30. The lowest BCUT2D eigenvalue weighted by Crippen LogP contribution is -2.53. The summed E-state index contributed by atoms with van der Waals surface area (Å²) in [5.74, 6) is 0.0727. The summed E-state index contributed by atoms with van der Waals surface area (Å²) in [6.45, 7) is 8.09. The first-order chi connectivity index (χ1) is 8.22. The molecule has 0 aromatic rings. The van der Waals surface area contributed by atoms with Gasteiger partial charge in [0.2, 0.25) is 5.91 Å². The number of nitrogens with zero attached hydrogens (tertiary/aromatic N) is 2. The summed E-state index contributed by atoms with van der Waals surface area (Å²) >= 11 is 0. The first-order valence-electron chi connectivity index (χ1n) is 6.43. The Kier molecular flexibility index (Phi) is 6.47. The van der Waals surface area contributed by atoms with E-state index in [-0.39, 0.29) is 25.2 Å². The van der Waals surface area contributed by atoms with Crippen LogP contribution >= 0.6 is 0 Å². The zero-order chi connectivity index (χ0) is 12.7.